The highest BCUT2D eigenvalue weighted by atomic mass is 16.1. The molecule has 160 valence electrons. The van der Waals surface area contributed by atoms with Gasteiger partial charge in [0.25, 0.3) is 5.56 Å². The second-order valence-corrected chi connectivity index (χ2v) is 7.69. The van der Waals surface area contributed by atoms with E-state index in [-0.39, 0.29) is 11.6 Å². The lowest BCUT2D eigenvalue weighted by molar-refractivity contribution is 0.561. The first-order valence-electron chi connectivity index (χ1n) is 10.6. The molecule has 0 spiro atoms. The molecular weight excluding hydrogens is 402 g/mol. The molecule has 4 heterocycles. The van der Waals surface area contributed by atoms with Crippen molar-refractivity contribution in [1.82, 2.24) is 24.5 Å². The maximum Gasteiger partial charge on any atom is 0.255 e. The molecule has 1 aliphatic heterocycles. The molecule has 0 bridgehead atoms. The van der Waals surface area contributed by atoms with Crippen molar-refractivity contribution < 1.29 is 0 Å². The van der Waals surface area contributed by atoms with Crippen molar-refractivity contribution in [2.75, 3.05) is 16.8 Å². The zero-order valence-corrected chi connectivity index (χ0v) is 17.7. The summed E-state index contributed by atoms with van der Waals surface area (Å²) in [5.41, 5.74) is 2.56. The van der Waals surface area contributed by atoms with E-state index in [1.807, 2.05) is 41.3 Å². The predicted molar refractivity (Wildman–Crippen MR) is 124 cm³/mol. The number of hydrogen-bond acceptors (Lipinski definition) is 7. The van der Waals surface area contributed by atoms with Gasteiger partial charge in [-0.05, 0) is 37.1 Å². The first kappa shape index (κ1) is 19.9. The molecule has 3 aromatic heterocycles. The standard InChI is InChI=1S/C24H23N7O/c1-17(18-6-3-2-4-7-18)27-23-26-13-10-21(29-23)30-14-5-15-31-22(32)16-20(28-24(30)31)19-8-11-25-12-9-19/h2-4,6-13,16-17H,5,14-15H2,1H3,(H,26,27,29)/t17-/m0/s1. The van der Waals surface area contributed by atoms with E-state index >= 15 is 0 Å². The van der Waals surface area contributed by atoms with E-state index in [0.29, 0.717) is 30.0 Å². The van der Waals surface area contributed by atoms with E-state index in [1.54, 1.807) is 29.2 Å². The number of fused-ring (bicyclic) bond motifs is 1. The third-order valence-corrected chi connectivity index (χ3v) is 5.53. The van der Waals surface area contributed by atoms with E-state index in [9.17, 15) is 4.79 Å². The molecule has 4 aromatic rings. The summed E-state index contributed by atoms with van der Waals surface area (Å²) in [6.07, 6.45) is 5.95. The number of nitrogens with one attached hydrogen (secondary N) is 1. The molecule has 1 atom stereocenters. The Balaban J connectivity index is 1.49. The first-order chi connectivity index (χ1) is 15.7. The number of nitrogens with zero attached hydrogens (tertiary/aromatic N) is 6. The smallest absolute Gasteiger partial charge is 0.255 e. The quantitative estimate of drug-likeness (QED) is 0.520. The van der Waals surface area contributed by atoms with Crippen LogP contribution in [-0.2, 0) is 6.54 Å². The van der Waals surface area contributed by atoms with Crippen molar-refractivity contribution in [3.8, 4) is 11.3 Å². The van der Waals surface area contributed by atoms with Gasteiger partial charge in [0.05, 0.1) is 11.7 Å². The average molecular weight is 425 g/mol. The molecule has 0 unspecified atom stereocenters. The second-order valence-electron chi connectivity index (χ2n) is 7.69. The second kappa shape index (κ2) is 8.58. The molecule has 0 radical (unpaired) electrons. The maximum absolute atomic E-state index is 12.8. The van der Waals surface area contributed by atoms with Crippen LogP contribution in [-0.4, -0.2) is 31.0 Å². The topological polar surface area (TPSA) is 88.8 Å². The van der Waals surface area contributed by atoms with Crippen LogP contribution in [0.4, 0.5) is 17.7 Å². The SMILES string of the molecule is C[C@H](Nc1nccc(N2CCCn3c2nc(-c2ccncc2)cc3=O)n1)c1ccccc1. The highest BCUT2D eigenvalue weighted by Crippen LogP contribution is 2.28. The van der Waals surface area contributed by atoms with Gasteiger partial charge in [0.15, 0.2) is 0 Å². The molecular formula is C24H23N7O. The summed E-state index contributed by atoms with van der Waals surface area (Å²) in [6, 6.07) is 17.3. The van der Waals surface area contributed by atoms with E-state index in [2.05, 4.69) is 34.3 Å². The monoisotopic (exact) mass is 425 g/mol. The van der Waals surface area contributed by atoms with Crippen molar-refractivity contribution in [2.24, 2.45) is 0 Å². The third-order valence-electron chi connectivity index (χ3n) is 5.53. The van der Waals surface area contributed by atoms with Crippen LogP contribution < -0.4 is 15.8 Å². The lowest BCUT2D eigenvalue weighted by Crippen LogP contribution is -2.36. The molecule has 8 heteroatoms. The highest BCUT2D eigenvalue weighted by Gasteiger charge is 2.23. The Morgan fingerprint density at radius 3 is 2.59 bits per heavy atom. The molecule has 0 aliphatic carbocycles. The molecule has 0 amide bonds. The molecule has 1 aromatic carbocycles. The first-order valence-corrected chi connectivity index (χ1v) is 10.6. The van der Waals surface area contributed by atoms with Crippen LogP contribution in [0.1, 0.15) is 24.9 Å². The minimum Gasteiger partial charge on any atom is -0.348 e. The van der Waals surface area contributed by atoms with Crippen molar-refractivity contribution in [3.05, 3.63) is 89.1 Å². The lowest BCUT2D eigenvalue weighted by atomic mass is 10.1. The van der Waals surface area contributed by atoms with Crippen molar-refractivity contribution in [3.63, 3.8) is 0 Å². The molecule has 1 aliphatic rings. The van der Waals surface area contributed by atoms with Gasteiger partial charge in [-0.25, -0.2) is 9.97 Å². The Bertz CT molecular complexity index is 1270. The summed E-state index contributed by atoms with van der Waals surface area (Å²) >= 11 is 0. The third kappa shape index (κ3) is 3.94. The summed E-state index contributed by atoms with van der Waals surface area (Å²) in [4.78, 5) is 32.8. The van der Waals surface area contributed by atoms with Crippen molar-refractivity contribution in [2.45, 2.75) is 25.9 Å². The predicted octanol–water partition coefficient (Wildman–Crippen LogP) is 3.81. The normalized spacial score (nSPS) is 14.0. The van der Waals surface area contributed by atoms with Gasteiger partial charge in [0.2, 0.25) is 11.9 Å². The van der Waals surface area contributed by atoms with Gasteiger partial charge < -0.3 is 5.32 Å². The Morgan fingerprint density at radius 2 is 1.78 bits per heavy atom. The molecule has 0 fully saturated rings. The van der Waals surface area contributed by atoms with Gasteiger partial charge in [-0.15, -0.1) is 0 Å². The van der Waals surface area contributed by atoms with Crippen LogP contribution in [0.25, 0.3) is 11.3 Å². The van der Waals surface area contributed by atoms with E-state index in [0.717, 1.165) is 24.1 Å². The molecule has 5 rings (SSSR count). The Labute approximate surface area is 185 Å². The number of hydrogen-bond donors (Lipinski definition) is 1. The summed E-state index contributed by atoms with van der Waals surface area (Å²) in [5.74, 6) is 1.83. The summed E-state index contributed by atoms with van der Waals surface area (Å²) < 4.78 is 1.70. The van der Waals surface area contributed by atoms with Crippen molar-refractivity contribution in [1.29, 1.82) is 0 Å². The number of anilines is 3. The van der Waals surface area contributed by atoms with Gasteiger partial charge in [-0.3, -0.25) is 19.2 Å². The van der Waals surface area contributed by atoms with Gasteiger partial charge >= 0.3 is 0 Å². The van der Waals surface area contributed by atoms with Crippen LogP contribution in [0.3, 0.4) is 0 Å². The van der Waals surface area contributed by atoms with Gasteiger partial charge in [0, 0.05) is 43.3 Å². The lowest BCUT2D eigenvalue weighted by Gasteiger charge is -2.30. The number of aromatic nitrogens is 5. The molecule has 32 heavy (non-hydrogen) atoms. The van der Waals surface area contributed by atoms with Gasteiger partial charge in [-0.2, -0.15) is 4.98 Å². The number of rotatable bonds is 5. The number of pyridine rings is 1. The summed E-state index contributed by atoms with van der Waals surface area (Å²) in [5, 5.41) is 3.37. The Morgan fingerprint density at radius 1 is 0.969 bits per heavy atom. The average Bonchev–Trinajstić information content (AvgIpc) is 2.85. The Kier molecular flexibility index (Phi) is 5.33. The van der Waals surface area contributed by atoms with Crippen LogP contribution in [0, 0.1) is 0 Å². The minimum atomic E-state index is -0.0726. The molecule has 0 saturated heterocycles. The van der Waals surface area contributed by atoms with E-state index in [1.165, 1.54) is 0 Å². The zero-order valence-electron chi connectivity index (χ0n) is 17.7. The van der Waals surface area contributed by atoms with Gasteiger partial charge in [0.1, 0.15) is 5.82 Å². The number of benzene rings is 1. The van der Waals surface area contributed by atoms with E-state index < -0.39 is 0 Å². The van der Waals surface area contributed by atoms with Crippen LogP contribution in [0.5, 0.6) is 0 Å². The maximum atomic E-state index is 12.8. The fourth-order valence-electron chi connectivity index (χ4n) is 3.87. The summed E-state index contributed by atoms with van der Waals surface area (Å²) in [6.45, 7) is 3.43. The highest BCUT2D eigenvalue weighted by molar-refractivity contribution is 5.62. The Hall–Kier alpha value is -4.07. The zero-order chi connectivity index (χ0) is 21.9. The minimum absolute atomic E-state index is 0.0547. The van der Waals surface area contributed by atoms with Crippen LogP contribution in [0.15, 0.2) is 78.0 Å². The van der Waals surface area contributed by atoms with Crippen molar-refractivity contribution >= 4 is 17.7 Å². The summed E-state index contributed by atoms with van der Waals surface area (Å²) in [7, 11) is 0. The molecule has 8 nitrogen and oxygen atoms in total. The van der Waals surface area contributed by atoms with Gasteiger partial charge in [-0.1, -0.05) is 30.3 Å². The van der Waals surface area contributed by atoms with Crippen LogP contribution in [0.2, 0.25) is 0 Å². The largest absolute Gasteiger partial charge is 0.348 e. The molecule has 0 saturated carbocycles. The van der Waals surface area contributed by atoms with E-state index in [4.69, 9.17) is 9.97 Å². The molecule has 1 N–H and O–H groups in total. The fraction of sp³-hybridized carbons (Fsp3) is 0.208. The van der Waals surface area contributed by atoms with Crippen LogP contribution >= 0.6 is 0 Å². The fourth-order valence-corrected chi connectivity index (χ4v) is 3.87.